The maximum Gasteiger partial charge on any atom is 0.172 e. The molecule has 2 N–H and O–H groups in total. The van der Waals surface area contributed by atoms with Crippen LogP contribution in [-0.2, 0) is 13.0 Å². The van der Waals surface area contributed by atoms with Gasteiger partial charge in [0.15, 0.2) is 11.5 Å². The summed E-state index contributed by atoms with van der Waals surface area (Å²) in [7, 11) is 1.55. The van der Waals surface area contributed by atoms with Crippen LogP contribution in [0.4, 0.5) is 0 Å². The monoisotopic (exact) mass is 341 g/mol. The average molecular weight is 342 g/mol. The van der Waals surface area contributed by atoms with E-state index >= 15 is 0 Å². The molecule has 0 amide bonds. The fraction of sp³-hybridized carbons (Fsp3) is 0.286. The third kappa shape index (κ3) is 3.96. The summed E-state index contributed by atoms with van der Waals surface area (Å²) in [6, 6.07) is 7.96. The molecule has 0 radical (unpaired) electrons. The lowest BCUT2D eigenvalue weighted by Gasteiger charge is -2.09. The molecule has 1 aromatic carbocycles. The van der Waals surface area contributed by atoms with Crippen LogP contribution >= 0.6 is 27.3 Å². The molecule has 0 saturated heterocycles. The van der Waals surface area contributed by atoms with E-state index in [4.69, 9.17) is 4.74 Å². The Labute approximate surface area is 125 Å². The van der Waals surface area contributed by atoms with Crippen LogP contribution in [0.25, 0.3) is 0 Å². The molecule has 1 heterocycles. The maximum atomic E-state index is 9.73. The summed E-state index contributed by atoms with van der Waals surface area (Å²) >= 11 is 5.10. The van der Waals surface area contributed by atoms with Crippen LogP contribution in [0.3, 0.4) is 0 Å². The minimum absolute atomic E-state index is 0.143. The van der Waals surface area contributed by atoms with E-state index in [2.05, 4.69) is 38.8 Å². The standard InChI is InChI=1S/C14H16BrNO2S/c1-18-13-8-10(7-12(15)14(13)17)9-16-5-4-11-3-2-6-19-11/h2-3,6-8,16-17H,4-5,9H2,1H3. The number of phenolic OH excluding ortho intramolecular Hbond substituents is 1. The molecule has 1 aromatic heterocycles. The minimum Gasteiger partial charge on any atom is -0.503 e. The van der Waals surface area contributed by atoms with Gasteiger partial charge in [0.25, 0.3) is 0 Å². The van der Waals surface area contributed by atoms with Crippen LogP contribution in [0.2, 0.25) is 0 Å². The Morgan fingerprint density at radius 1 is 1.42 bits per heavy atom. The molecule has 3 nitrogen and oxygen atoms in total. The summed E-state index contributed by atoms with van der Waals surface area (Å²) in [6.45, 7) is 1.68. The molecular formula is C14H16BrNO2S. The molecule has 0 atom stereocenters. The first-order chi connectivity index (χ1) is 9.20. The van der Waals surface area contributed by atoms with E-state index in [0.717, 1.165) is 25.1 Å². The Bertz CT molecular complexity index is 528. The second-order valence-electron chi connectivity index (χ2n) is 4.13. The molecule has 0 bridgehead atoms. The van der Waals surface area contributed by atoms with E-state index < -0.39 is 0 Å². The van der Waals surface area contributed by atoms with E-state index in [1.54, 1.807) is 18.4 Å². The highest BCUT2D eigenvalue weighted by Crippen LogP contribution is 2.35. The maximum absolute atomic E-state index is 9.73. The molecule has 0 aliphatic carbocycles. The molecule has 2 rings (SSSR count). The van der Waals surface area contributed by atoms with Gasteiger partial charge in [-0.3, -0.25) is 0 Å². The summed E-state index contributed by atoms with van der Waals surface area (Å²) in [5.74, 6) is 0.634. The van der Waals surface area contributed by atoms with Crippen molar-refractivity contribution < 1.29 is 9.84 Å². The fourth-order valence-electron chi connectivity index (χ4n) is 1.78. The van der Waals surface area contributed by atoms with Gasteiger partial charge in [-0.25, -0.2) is 0 Å². The van der Waals surface area contributed by atoms with Crippen molar-refractivity contribution >= 4 is 27.3 Å². The van der Waals surface area contributed by atoms with Gasteiger partial charge in [-0.2, -0.15) is 0 Å². The number of thiophene rings is 1. The topological polar surface area (TPSA) is 41.5 Å². The van der Waals surface area contributed by atoms with Gasteiger partial charge in [0.1, 0.15) is 0 Å². The van der Waals surface area contributed by atoms with Gasteiger partial charge in [-0.15, -0.1) is 11.3 Å². The summed E-state index contributed by atoms with van der Waals surface area (Å²) in [5.41, 5.74) is 1.08. The summed E-state index contributed by atoms with van der Waals surface area (Å²) < 4.78 is 5.78. The highest BCUT2D eigenvalue weighted by atomic mass is 79.9. The largest absolute Gasteiger partial charge is 0.503 e. The molecule has 5 heteroatoms. The number of halogens is 1. The van der Waals surface area contributed by atoms with Gasteiger partial charge in [0, 0.05) is 18.0 Å². The fourth-order valence-corrected chi connectivity index (χ4v) is 2.98. The van der Waals surface area contributed by atoms with Crippen LogP contribution in [0.1, 0.15) is 10.4 Å². The van der Waals surface area contributed by atoms with Crippen molar-refractivity contribution in [2.45, 2.75) is 13.0 Å². The van der Waals surface area contributed by atoms with E-state index in [9.17, 15) is 5.11 Å². The lowest BCUT2D eigenvalue weighted by molar-refractivity contribution is 0.371. The number of rotatable bonds is 6. The molecule has 102 valence electrons. The molecule has 0 aliphatic rings. The van der Waals surface area contributed by atoms with Gasteiger partial charge >= 0.3 is 0 Å². The van der Waals surface area contributed by atoms with Crippen LogP contribution in [0, 0.1) is 0 Å². The number of hydrogen-bond acceptors (Lipinski definition) is 4. The first kappa shape index (κ1) is 14.4. The second kappa shape index (κ2) is 6.93. The SMILES string of the molecule is COc1cc(CNCCc2cccs2)cc(Br)c1O. The number of hydrogen-bond donors (Lipinski definition) is 2. The Hall–Kier alpha value is -1.04. The predicted molar refractivity (Wildman–Crippen MR) is 82.1 cm³/mol. The predicted octanol–water partition coefficient (Wildman–Crippen LogP) is 3.56. The molecule has 2 aromatic rings. The Morgan fingerprint density at radius 3 is 2.95 bits per heavy atom. The Morgan fingerprint density at radius 2 is 2.26 bits per heavy atom. The molecule has 0 saturated carbocycles. The first-order valence-electron chi connectivity index (χ1n) is 5.99. The number of benzene rings is 1. The summed E-state index contributed by atoms with van der Waals surface area (Å²) in [4.78, 5) is 1.39. The van der Waals surface area contributed by atoms with E-state index in [1.807, 2.05) is 12.1 Å². The zero-order chi connectivity index (χ0) is 13.7. The smallest absolute Gasteiger partial charge is 0.172 e. The van der Waals surface area contributed by atoms with Crippen molar-refractivity contribution in [3.8, 4) is 11.5 Å². The van der Waals surface area contributed by atoms with Crippen LogP contribution in [-0.4, -0.2) is 18.8 Å². The molecule has 0 spiro atoms. The van der Waals surface area contributed by atoms with Crippen LogP contribution in [0.5, 0.6) is 11.5 Å². The number of nitrogens with one attached hydrogen (secondary N) is 1. The quantitative estimate of drug-likeness (QED) is 0.789. The van der Waals surface area contributed by atoms with Crippen molar-refractivity contribution in [1.82, 2.24) is 5.32 Å². The Balaban J connectivity index is 1.87. The molecular weight excluding hydrogens is 326 g/mol. The van der Waals surface area contributed by atoms with E-state index in [-0.39, 0.29) is 5.75 Å². The normalized spacial score (nSPS) is 10.6. The van der Waals surface area contributed by atoms with Crippen molar-refractivity contribution in [3.05, 3.63) is 44.6 Å². The third-order valence-corrected chi connectivity index (χ3v) is 4.31. The van der Waals surface area contributed by atoms with Gasteiger partial charge in [0.2, 0.25) is 0 Å². The van der Waals surface area contributed by atoms with E-state index in [0.29, 0.717) is 10.2 Å². The summed E-state index contributed by atoms with van der Waals surface area (Å²) in [6.07, 6.45) is 1.04. The van der Waals surface area contributed by atoms with Gasteiger partial charge < -0.3 is 15.2 Å². The number of aromatic hydroxyl groups is 1. The van der Waals surface area contributed by atoms with Gasteiger partial charge in [-0.1, -0.05) is 6.07 Å². The molecule has 0 unspecified atom stereocenters. The van der Waals surface area contributed by atoms with Gasteiger partial charge in [0.05, 0.1) is 11.6 Å². The lowest BCUT2D eigenvalue weighted by Crippen LogP contribution is -2.16. The van der Waals surface area contributed by atoms with E-state index in [1.165, 1.54) is 4.88 Å². The highest BCUT2D eigenvalue weighted by molar-refractivity contribution is 9.10. The lowest BCUT2D eigenvalue weighted by atomic mass is 10.2. The van der Waals surface area contributed by atoms with Crippen molar-refractivity contribution in [2.75, 3.05) is 13.7 Å². The molecule has 0 aliphatic heterocycles. The zero-order valence-electron chi connectivity index (χ0n) is 10.6. The summed E-state index contributed by atoms with van der Waals surface area (Å²) in [5, 5.41) is 15.2. The highest BCUT2D eigenvalue weighted by Gasteiger charge is 2.08. The van der Waals surface area contributed by atoms with Crippen molar-refractivity contribution in [1.29, 1.82) is 0 Å². The zero-order valence-corrected chi connectivity index (χ0v) is 13.1. The second-order valence-corrected chi connectivity index (χ2v) is 6.02. The number of methoxy groups -OCH3 is 1. The third-order valence-electron chi connectivity index (χ3n) is 2.77. The number of ether oxygens (including phenoxy) is 1. The number of phenols is 1. The van der Waals surface area contributed by atoms with Crippen LogP contribution < -0.4 is 10.1 Å². The first-order valence-corrected chi connectivity index (χ1v) is 7.66. The minimum atomic E-state index is 0.143. The van der Waals surface area contributed by atoms with Crippen molar-refractivity contribution in [2.24, 2.45) is 0 Å². The van der Waals surface area contributed by atoms with Gasteiger partial charge in [-0.05, 0) is 51.5 Å². The molecule has 19 heavy (non-hydrogen) atoms. The average Bonchev–Trinajstić information content (AvgIpc) is 2.91. The molecule has 0 fully saturated rings. The Kier molecular flexibility index (Phi) is 5.24. The van der Waals surface area contributed by atoms with Crippen molar-refractivity contribution in [3.63, 3.8) is 0 Å². The van der Waals surface area contributed by atoms with Crippen LogP contribution in [0.15, 0.2) is 34.1 Å².